The van der Waals surface area contributed by atoms with Crippen LogP contribution in [-0.4, -0.2) is 50.3 Å². The molecule has 0 spiro atoms. The number of thioether (sulfide) groups is 1. The Morgan fingerprint density at radius 2 is 2.04 bits per heavy atom. The first kappa shape index (κ1) is 17.5. The predicted octanol–water partition coefficient (Wildman–Crippen LogP) is 1.30. The molecule has 1 aromatic heterocycles. The number of aromatic nitrogens is 3. The van der Waals surface area contributed by atoms with Crippen LogP contribution in [0.4, 0.5) is 0 Å². The van der Waals surface area contributed by atoms with Crippen molar-refractivity contribution in [1.29, 1.82) is 0 Å². The maximum absolute atomic E-state index is 12.4. The lowest BCUT2D eigenvalue weighted by molar-refractivity contribution is -0.132. The first-order chi connectivity index (χ1) is 12.1. The van der Waals surface area contributed by atoms with Crippen LogP contribution in [0.2, 0.25) is 0 Å². The monoisotopic (exact) mass is 359 g/mol. The predicted molar refractivity (Wildman–Crippen MR) is 95.7 cm³/mol. The molecule has 2 aromatic rings. The fraction of sp³-hybridized carbons (Fsp3) is 0.412. The van der Waals surface area contributed by atoms with Crippen molar-refractivity contribution < 1.29 is 9.59 Å². The van der Waals surface area contributed by atoms with Crippen LogP contribution >= 0.6 is 11.8 Å². The lowest BCUT2D eigenvalue weighted by Gasteiger charge is -2.31. The van der Waals surface area contributed by atoms with E-state index in [1.54, 1.807) is 4.90 Å². The van der Waals surface area contributed by atoms with Crippen LogP contribution in [0.25, 0.3) is 11.4 Å². The van der Waals surface area contributed by atoms with Crippen LogP contribution in [0.1, 0.15) is 12.8 Å². The van der Waals surface area contributed by atoms with Gasteiger partial charge in [-0.15, -0.1) is 10.2 Å². The number of hydrogen-bond acceptors (Lipinski definition) is 5. The molecule has 1 atom stereocenters. The molecule has 0 unspecified atom stereocenters. The summed E-state index contributed by atoms with van der Waals surface area (Å²) in [6, 6.07) is 9.80. The Labute approximate surface area is 150 Å². The number of hydrogen-bond donors (Lipinski definition) is 1. The van der Waals surface area contributed by atoms with Crippen LogP contribution in [0.3, 0.4) is 0 Å². The molecule has 2 N–H and O–H groups in total. The Hall–Kier alpha value is -2.35. The molecule has 0 saturated carbocycles. The number of piperidine rings is 1. The Balaban J connectivity index is 1.61. The second-order valence-corrected chi connectivity index (χ2v) is 7.04. The van der Waals surface area contributed by atoms with Gasteiger partial charge >= 0.3 is 0 Å². The zero-order chi connectivity index (χ0) is 17.8. The van der Waals surface area contributed by atoms with E-state index in [-0.39, 0.29) is 23.5 Å². The minimum absolute atomic E-state index is 0.000195. The summed E-state index contributed by atoms with van der Waals surface area (Å²) in [4.78, 5) is 25.5. The van der Waals surface area contributed by atoms with Gasteiger partial charge in [-0.25, -0.2) is 0 Å². The van der Waals surface area contributed by atoms with E-state index in [0.717, 1.165) is 24.2 Å². The standard InChI is InChI=1S/C17H21N5O2S/c1-21-16(12-6-3-2-4-7-12)19-20-17(21)25-11-14(23)22-9-5-8-13(10-22)15(18)24/h2-4,6-7,13H,5,8-11H2,1H3,(H2,18,24)/t13-/m1/s1. The molecular formula is C17H21N5O2S. The Morgan fingerprint density at radius 3 is 2.76 bits per heavy atom. The topological polar surface area (TPSA) is 94.1 Å². The second-order valence-electron chi connectivity index (χ2n) is 6.10. The van der Waals surface area contributed by atoms with Crippen molar-refractivity contribution in [2.75, 3.05) is 18.8 Å². The van der Waals surface area contributed by atoms with Crippen molar-refractivity contribution in [1.82, 2.24) is 19.7 Å². The molecule has 0 radical (unpaired) electrons. The van der Waals surface area contributed by atoms with E-state index in [9.17, 15) is 9.59 Å². The van der Waals surface area contributed by atoms with Gasteiger partial charge < -0.3 is 15.2 Å². The first-order valence-corrected chi connectivity index (χ1v) is 9.19. The van der Waals surface area contributed by atoms with Crippen molar-refractivity contribution >= 4 is 23.6 Å². The minimum atomic E-state index is -0.328. The van der Waals surface area contributed by atoms with E-state index >= 15 is 0 Å². The highest BCUT2D eigenvalue weighted by atomic mass is 32.2. The minimum Gasteiger partial charge on any atom is -0.369 e. The van der Waals surface area contributed by atoms with Gasteiger partial charge in [-0.2, -0.15) is 0 Å². The quantitative estimate of drug-likeness (QED) is 0.812. The van der Waals surface area contributed by atoms with Crippen LogP contribution in [-0.2, 0) is 16.6 Å². The maximum Gasteiger partial charge on any atom is 0.233 e. The fourth-order valence-electron chi connectivity index (χ4n) is 2.93. The first-order valence-electron chi connectivity index (χ1n) is 8.21. The van der Waals surface area contributed by atoms with Gasteiger partial charge in [0.05, 0.1) is 11.7 Å². The molecular weight excluding hydrogens is 338 g/mol. The van der Waals surface area contributed by atoms with Crippen LogP contribution < -0.4 is 5.73 Å². The van der Waals surface area contributed by atoms with Gasteiger partial charge in [0.25, 0.3) is 0 Å². The van der Waals surface area contributed by atoms with Gasteiger partial charge in [0.2, 0.25) is 11.8 Å². The van der Waals surface area contributed by atoms with Crippen LogP contribution in [0.15, 0.2) is 35.5 Å². The Bertz CT molecular complexity index is 762. The molecule has 1 fully saturated rings. The SMILES string of the molecule is Cn1c(SCC(=O)N2CCC[C@@H](C(N)=O)C2)nnc1-c1ccccc1. The molecule has 1 saturated heterocycles. The number of benzene rings is 1. The molecule has 132 valence electrons. The lowest BCUT2D eigenvalue weighted by Crippen LogP contribution is -2.44. The summed E-state index contributed by atoms with van der Waals surface area (Å²) in [5.74, 6) is 0.474. The highest BCUT2D eigenvalue weighted by Crippen LogP contribution is 2.23. The van der Waals surface area contributed by atoms with E-state index < -0.39 is 0 Å². The summed E-state index contributed by atoms with van der Waals surface area (Å²) in [5.41, 5.74) is 6.35. The molecule has 2 amide bonds. The van der Waals surface area contributed by atoms with Crippen LogP contribution in [0.5, 0.6) is 0 Å². The number of likely N-dealkylation sites (tertiary alicyclic amines) is 1. The zero-order valence-corrected chi connectivity index (χ0v) is 14.9. The highest BCUT2D eigenvalue weighted by Gasteiger charge is 2.27. The third kappa shape index (κ3) is 4.01. The van der Waals surface area contributed by atoms with Gasteiger partial charge in [-0.05, 0) is 12.8 Å². The van der Waals surface area contributed by atoms with E-state index in [2.05, 4.69) is 10.2 Å². The van der Waals surface area contributed by atoms with Gasteiger partial charge in [0.1, 0.15) is 0 Å². The molecule has 1 aromatic carbocycles. The summed E-state index contributed by atoms with van der Waals surface area (Å²) in [6.45, 7) is 1.10. The summed E-state index contributed by atoms with van der Waals surface area (Å²) in [7, 11) is 1.89. The maximum atomic E-state index is 12.4. The zero-order valence-electron chi connectivity index (χ0n) is 14.1. The number of amides is 2. The smallest absolute Gasteiger partial charge is 0.233 e. The van der Waals surface area contributed by atoms with E-state index in [4.69, 9.17) is 5.73 Å². The molecule has 7 nitrogen and oxygen atoms in total. The fourth-order valence-corrected chi connectivity index (χ4v) is 3.75. The third-order valence-electron chi connectivity index (χ3n) is 4.37. The summed E-state index contributed by atoms with van der Waals surface area (Å²) < 4.78 is 1.88. The lowest BCUT2D eigenvalue weighted by atomic mass is 9.97. The Kier molecular flexibility index (Phi) is 5.37. The van der Waals surface area contributed by atoms with Crippen molar-refractivity contribution in [2.24, 2.45) is 18.7 Å². The number of nitrogens with zero attached hydrogens (tertiary/aromatic N) is 4. The van der Waals surface area contributed by atoms with Gasteiger partial charge in [0.15, 0.2) is 11.0 Å². The highest BCUT2D eigenvalue weighted by molar-refractivity contribution is 7.99. The van der Waals surface area contributed by atoms with Gasteiger partial charge in [0, 0.05) is 25.7 Å². The largest absolute Gasteiger partial charge is 0.369 e. The molecule has 0 aliphatic carbocycles. The van der Waals surface area contributed by atoms with Gasteiger partial charge in [-0.3, -0.25) is 9.59 Å². The van der Waals surface area contributed by atoms with Crippen molar-refractivity contribution in [2.45, 2.75) is 18.0 Å². The normalized spacial score (nSPS) is 17.5. The molecule has 8 heteroatoms. The van der Waals surface area contributed by atoms with E-state index in [1.807, 2.05) is 41.9 Å². The van der Waals surface area contributed by atoms with Crippen LogP contribution in [0, 0.1) is 5.92 Å². The molecule has 1 aliphatic heterocycles. The molecule has 1 aliphatic rings. The van der Waals surface area contributed by atoms with Crippen molar-refractivity contribution in [3.05, 3.63) is 30.3 Å². The van der Waals surface area contributed by atoms with Crippen molar-refractivity contribution in [3.63, 3.8) is 0 Å². The summed E-state index contributed by atoms with van der Waals surface area (Å²) >= 11 is 1.36. The molecule has 2 heterocycles. The number of carbonyl (C=O) groups is 2. The number of carbonyl (C=O) groups excluding carboxylic acids is 2. The number of rotatable bonds is 5. The molecule has 0 bridgehead atoms. The number of nitrogens with two attached hydrogens (primary N) is 1. The van der Waals surface area contributed by atoms with E-state index in [0.29, 0.717) is 18.2 Å². The number of primary amides is 1. The third-order valence-corrected chi connectivity index (χ3v) is 5.37. The van der Waals surface area contributed by atoms with E-state index in [1.165, 1.54) is 11.8 Å². The summed E-state index contributed by atoms with van der Waals surface area (Å²) in [6.07, 6.45) is 1.57. The average Bonchev–Trinajstić information content (AvgIpc) is 3.01. The van der Waals surface area contributed by atoms with Gasteiger partial charge in [-0.1, -0.05) is 42.1 Å². The van der Waals surface area contributed by atoms with Crippen molar-refractivity contribution in [3.8, 4) is 11.4 Å². The summed E-state index contributed by atoms with van der Waals surface area (Å²) in [5, 5.41) is 9.09. The molecule has 25 heavy (non-hydrogen) atoms. The average molecular weight is 359 g/mol. The molecule has 3 rings (SSSR count). The second kappa shape index (κ2) is 7.69. The Morgan fingerprint density at radius 1 is 1.28 bits per heavy atom.